The highest BCUT2D eigenvalue weighted by molar-refractivity contribution is 4.94. The van der Waals surface area contributed by atoms with Gasteiger partial charge in [-0.05, 0) is 19.3 Å². The predicted octanol–water partition coefficient (Wildman–Crippen LogP) is 1.80. The fourth-order valence-electron chi connectivity index (χ4n) is 1.74. The Hall–Kier alpha value is -0.300. The van der Waals surface area contributed by atoms with Crippen LogP contribution < -0.4 is 0 Å². The third kappa shape index (κ3) is 1.10. The van der Waals surface area contributed by atoms with Gasteiger partial charge in [-0.25, -0.2) is 0 Å². The lowest BCUT2D eigenvalue weighted by Gasteiger charge is -2.38. The molecule has 56 valence electrons. The molecular weight excluding hydrogens is 122 g/mol. The van der Waals surface area contributed by atoms with Crippen molar-refractivity contribution in [1.82, 2.24) is 4.90 Å². The van der Waals surface area contributed by atoms with Crippen LogP contribution in [0.15, 0.2) is 12.2 Å². The normalized spacial score (nSPS) is 28.4. The molecule has 1 heteroatoms. The topological polar surface area (TPSA) is 3.24 Å². The number of nitrogens with zero attached hydrogens (tertiary/aromatic N) is 1. The third-order valence-electron chi connectivity index (χ3n) is 2.68. The second kappa shape index (κ2) is 2.75. The monoisotopic (exact) mass is 137 g/mol. The molecule has 0 atom stereocenters. The lowest BCUT2D eigenvalue weighted by molar-refractivity contribution is 0.139. The van der Waals surface area contributed by atoms with Crippen molar-refractivity contribution in [3.63, 3.8) is 0 Å². The van der Waals surface area contributed by atoms with Crippen LogP contribution in [0.2, 0.25) is 0 Å². The zero-order valence-corrected chi connectivity index (χ0v) is 6.42. The molecule has 0 aromatic heterocycles. The van der Waals surface area contributed by atoms with E-state index in [1.165, 1.54) is 38.8 Å². The van der Waals surface area contributed by atoms with Crippen molar-refractivity contribution < 1.29 is 0 Å². The summed E-state index contributed by atoms with van der Waals surface area (Å²) < 4.78 is 0. The van der Waals surface area contributed by atoms with Gasteiger partial charge in [-0.1, -0.05) is 18.6 Å². The maximum atomic E-state index is 2.61. The van der Waals surface area contributed by atoms with Gasteiger partial charge in [-0.15, -0.1) is 0 Å². The second-order valence-electron chi connectivity index (χ2n) is 3.34. The number of hydrogen-bond acceptors (Lipinski definition) is 1. The van der Waals surface area contributed by atoms with Gasteiger partial charge >= 0.3 is 0 Å². The molecule has 0 amide bonds. The van der Waals surface area contributed by atoms with E-state index in [0.717, 1.165) is 6.04 Å². The van der Waals surface area contributed by atoms with E-state index >= 15 is 0 Å². The molecule has 1 heterocycles. The van der Waals surface area contributed by atoms with Gasteiger partial charge in [0.2, 0.25) is 0 Å². The molecule has 0 aromatic carbocycles. The SMILES string of the molecule is C1=CCN(C2CCC2)CC1. The molecule has 0 radical (unpaired) electrons. The molecule has 0 saturated heterocycles. The first-order valence-electron chi connectivity index (χ1n) is 4.36. The lowest BCUT2D eigenvalue weighted by Crippen LogP contribution is -2.41. The Kier molecular flexibility index (Phi) is 1.76. The Bertz CT molecular complexity index is 136. The first-order chi connectivity index (χ1) is 4.97. The maximum Gasteiger partial charge on any atom is 0.0166 e. The summed E-state index contributed by atoms with van der Waals surface area (Å²) >= 11 is 0. The quantitative estimate of drug-likeness (QED) is 0.498. The van der Waals surface area contributed by atoms with Gasteiger partial charge in [0.1, 0.15) is 0 Å². The number of rotatable bonds is 1. The predicted molar refractivity (Wildman–Crippen MR) is 43.0 cm³/mol. The molecule has 1 fully saturated rings. The van der Waals surface area contributed by atoms with E-state index in [1.54, 1.807) is 0 Å². The average molecular weight is 137 g/mol. The van der Waals surface area contributed by atoms with Crippen LogP contribution in [0.1, 0.15) is 25.7 Å². The maximum absolute atomic E-state index is 2.61. The van der Waals surface area contributed by atoms with Crippen LogP contribution in [-0.4, -0.2) is 24.0 Å². The van der Waals surface area contributed by atoms with Crippen molar-refractivity contribution in [3.05, 3.63) is 12.2 Å². The van der Waals surface area contributed by atoms with Crippen LogP contribution in [0.4, 0.5) is 0 Å². The Morgan fingerprint density at radius 1 is 1.20 bits per heavy atom. The van der Waals surface area contributed by atoms with Crippen molar-refractivity contribution in [2.75, 3.05) is 13.1 Å². The van der Waals surface area contributed by atoms with E-state index in [9.17, 15) is 0 Å². The molecule has 1 aliphatic carbocycles. The second-order valence-corrected chi connectivity index (χ2v) is 3.34. The van der Waals surface area contributed by atoms with E-state index < -0.39 is 0 Å². The summed E-state index contributed by atoms with van der Waals surface area (Å²) in [5.41, 5.74) is 0. The van der Waals surface area contributed by atoms with Crippen molar-refractivity contribution in [2.45, 2.75) is 31.7 Å². The average Bonchev–Trinajstić information content (AvgIpc) is 1.86. The van der Waals surface area contributed by atoms with E-state index in [2.05, 4.69) is 17.1 Å². The minimum Gasteiger partial charge on any atom is -0.296 e. The summed E-state index contributed by atoms with van der Waals surface area (Å²) in [4.78, 5) is 2.61. The highest BCUT2D eigenvalue weighted by atomic mass is 15.2. The van der Waals surface area contributed by atoms with E-state index in [0.29, 0.717) is 0 Å². The Morgan fingerprint density at radius 3 is 2.60 bits per heavy atom. The van der Waals surface area contributed by atoms with Gasteiger partial charge in [-0.3, -0.25) is 4.90 Å². The lowest BCUT2D eigenvalue weighted by atomic mass is 9.91. The van der Waals surface area contributed by atoms with Crippen molar-refractivity contribution >= 4 is 0 Å². The minimum absolute atomic E-state index is 0.949. The molecule has 1 aliphatic heterocycles. The number of hydrogen-bond donors (Lipinski definition) is 0. The first-order valence-corrected chi connectivity index (χ1v) is 4.36. The fraction of sp³-hybridized carbons (Fsp3) is 0.778. The van der Waals surface area contributed by atoms with Gasteiger partial charge in [0.05, 0.1) is 0 Å². The first kappa shape index (κ1) is 6.41. The smallest absolute Gasteiger partial charge is 0.0166 e. The van der Waals surface area contributed by atoms with Crippen LogP contribution in [0, 0.1) is 0 Å². The van der Waals surface area contributed by atoms with Gasteiger partial charge in [0.25, 0.3) is 0 Å². The Labute approximate surface area is 62.7 Å². The largest absolute Gasteiger partial charge is 0.296 e. The van der Waals surface area contributed by atoms with Crippen molar-refractivity contribution in [3.8, 4) is 0 Å². The standard InChI is InChI=1S/C9H15N/c1-2-7-10(8-3-1)9-5-4-6-9/h1-2,9H,3-8H2. The Balaban J connectivity index is 1.86. The molecule has 2 rings (SSSR count). The summed E-state index contributed by atoms with van der Waals surface area (Å²) in [6.45, 7) is 2.52. The van der Waals surface area contributed by atoms with E-state index in [-0.39, 0.29) is 0 Å². The van der Waals surface area contributed by atoms with Crippen LogP contribution in [-0.2, 0) is 0 Å². The molecule has 0 aromatic rings. The molecular formula is C9H15N. The van der Waals surface area contributed by atoms with E-state index in [4.69, 9.17) is 0 Å². The molecule has 0 unspecified atom stereocenters. The summed E-state index contributed by atoms with van der Waals surface area (Å²) in [6, 6.07) is 0.949. The fourth-order valence-corrected chi connectivity index (χ4v) is 1.74. The van der Waals surface area contributed by atoms with Gasteiger partial charge in [-0.2, -0.15) is 0 Å². The zero-order valence-electron chi connectivity index (χ0n) is 6.42. The molecule has 1 nitrogen and oxygen atoms in total. The van der Waals surface area contributed by atoms with Gasteiger partial charge in [0.15, 0.2) is 0 Å². The molecule has 1 saturated carbocycles. The van der Waals surface area contributed by atoms with Crippen molar-refractivity contribution in [2.24, 2.45) is 0 Å². The van der Waals surface area contributed by atoms with Crippen LogP contribution in [0.5, 0.6) is 0 Å². The van der Waals surface area contributed by atoms with Crippen LogP contribution >= 0.6 is 0 Å². The summed E-state index contributed by atoms with van der Waals surface area (Å²) in [5.74, 6) is 0. The molecule has 0 spiro atoms. The molecule has 2 aliphatic rings. The van der Waals surface area contributed by atoms with Crippen molar-refractivity contribution in [1.29, 1.82) is 0 Å². The van der Waals surface area contributed by atoms with Crippen LogP contribution in [0.3, 0.4) is 0 Å². The Morgan fingerprint density at radius 2 is 2.10 bits per heavy atom. The third-order valence-corrected chi connectivity index (χ3v) is 2.68. The van der Waals surface area contributed by atoms with E-state index in [1.807, 2.05) is 0 Å². The summed E-state index contributed by atoms with van der Waals surface area (Å²) in [5, 5.41) is 0. The summed E-state index contributed by atoms with van der Waals surface area (Å²) in [6.07, 6.45) is 10.3. The van der Waals surface area contributed by atoms with Crippen LogP contribution in [0.25, 0.3) is 0 Å². The molecule has 10 heavy (non-hydrogen) atoms. The minimum atomic E-state index is 0.949. The van der Waals surface area contributed by atoms with Gasteiger partial charge in [0, 0.05) is 19.1 Å². The van der Waals surface area contributed by atoms with Gasteiger partial charge < -0.3 is 0 Å². The molecule has 0 N–H and O–H groups in total. The molecule has 0 bridgehead atoms. The summed E-state index contributed by atoms with van der Waals surface area (Å²) in [7, 11) is 0. The highest BCUT2D eigenvalue weighted by Crippen LogP contribution is 2.25. The zero-order chi connectivity index (χ0) is 6.81. The highest BCUT2D eigenvalue weighted by Gasteiger charge is 2.23.